The minimum Gasteiger partial charge on any atom is -0.324 e. The number of piperidine rings is 1. The summed E-state index contributed by atoms with van der Waals surface area (Å²) in [7, 11) is -3.57. The quantitative estimate of drug-likeness (QED) is 0.828. The van der Waals surface area contributed by atoms with Crippen LogP contribution in [0, 0.1) is 5.82 Å². The minimum absolute atomic E-state index is 0.291. The van der Waals surface area contributed by atoms with Crippen molar-refractivity contribution in [3.8, 4) is 0 Å². The Morgan fingerprint density at radius 1 is 0.966 bits per heavy atom. The molecule has 29 heavy (non-hydrogen) atoms. The number of carbonyl (C=O) groups is 1. The molecule has 2 aliphatic rings. The normalized spacial score (nSPS) is 19.4. The first-order chi connectivity index (χ1) is 13.9. The van der Waals surface area contributed by atoms with Crippen LogP contribution in [0.15, 0.2) is 59.5 Å². The van der Waals surface area contributed by atoms with Gasteiger partial charge >= 0.3 is 6.03 Å². The van der Waals surface area contributed by atoms with Gasteiger partial charge in [-0.2, -0.15) is 4.31 Å². The van der Waals surface area contributed by atoms with Gasteiger partial charge in [-0.25, -0.2) is 17.6 Å². The number of amides is 2. The summed E-state index contributed by atoms with van der Waals surface area (Å²) in [6.45, 7) is 1.43. The maximum Gasteiger partial charge on any atom is 0.321 e. The zero-order chi connectivity index (χ0) is 20.5. The average molecular weight is 418 g/mol. The molecule has 4 rings (SSSR count). The Bertz CT molecular complexity index is 989. The molecule has 0 unspecified atom stereocenters. The van der Waals surface area contributed by atoms with Gasteiger partial charge in [0.2, 0.25) is 10.0 Å². The molecule has 1 spiro atoms. The monoisotopic (exact) mass is 417 g/mol. The molecule has 2 aromatic rings. The Morgan fingerprint density at radius 2 is 1.69 bits per heavy atom. The number of sulfonamides is 1. The molecule has 2 saturated heterocycles. The second kappa shape index (κ2) is 7.76. The largest absolute Gasteiger partial charge is 0.324 e. The lowest BCUT2D eigenvalue weighted by atomic mass is 9.86. The van der Waals surface area contributed by atoms with E-state index in [9.17, 15) is 17.6 Å². The van der Waals surface area contributed by atoms with E-state index in [1.807, 2.05) is 0 Å². The lowest BCUT2D eigenvalue weighted by Crippen LogP contribution is -2.55. The van der Waals surface area contributed by atoms with Crippen molar-refractivity contribution in [2.45, 2.75) is 36.1 Å². The van der Waals surface area contributed by atoms with Crippen LogP contribution in [0.3, 0.4) is 0 Å². The Labute approximate surface area is 170 Å². The van der Waals surface area contributed by atoms with E-state index in [0.29, 0.717) is 43.1 Å². The molecule has 0 bridgehead atoms. The number of nitrogens with one attached hydrogen (secondary N) is 1. The number of nitrogens with zero attached hydrogens (tertiary/aromatic N) is 2. The molecule has 0 aliphatic carbocycles. The molecule has 0 saturated carbocycles. The van der Waals surface area contributed by atoms with Crippen LogP contribution in [-0.2, 0) is 10.0 Å². The summed E-state index contributed by atoms with van der Waals surface area (Å²) in [5.41, 5.74) is -0.0333. The maximum atomic E-state index is 13.3. The fourth-order valence-corrected chi connectivity index (χ4v) is 6.31. The van der Waals surface area contributed by atoms with Crippen LogP contribution in [0.1, 0.15) is 25.7 Å². The van der Waals surface area contributed by atoms with E-state index in [2.05, 4.69) is 5.32 Å². The van der Waals surface area contributed by atoms with Gasteiger partial charge in [0.05, 0.1) is 4.90 Å². The van der Waals surface area contributed by atoms with E-state index in [-0.39, 0.29) is 6.03 Å². The van der Waals surface area contributed by atoms with Gasteiger partial charge in [-0.1, -0.05) is 24.3 Å². The van der Waals surface area contributed by atoms with E-state index >= 15 is 0 Å². The summed E-state index contributed by atoms with van der Waals surface area (Å²) in [5.74, 6) is -0.409. The second-order valence-electron chi connectivity index (χ2n) is 7.65. The third-order valence-corrected chi connectivity index (χ3v) is 7.94. The number of carbonyl (C=O) groups excluding carboxylic acids is 1. The van der Waals surface area contributed by atoms with Crippen molar-refractivity contribution >= 4 is 21.7 Å². The molecular formula is C21H24FN3O3S. The summed E-state index contributed by atoms with van der Waals surface area (Å²) in [6, 6.07) is 14.0. The van der Waals surface area contributed by atoms with Crippen LogP contribution < -0.4 is 5.32 Å². The molecule has 0 radical (unpaired) electrons. The van der Waals surface area contributed by atoms with E-state index in [1.54, 1.807) is 51.7 Å². The summed E-state index contributed by atoms with van der Waals surface area (Å²) in [6.07, 6.45) is 2.81. The van der Waals surface area contributed by atoms with Crippen molar-refractivity contribution in [2.24, 2.45) is 0 Å². The summed E-state index contributed by atoms with van der Waals surface area (Å²) >= 11 is 0. The molecule has 8 heteroatoms. The summed E-state index contributed by atoms with van der Waals surface area (Å²) < 4.78 is 41.4. The lowest BCUT2D eigenvalue weighted by Gasteiger charge is -2.44. The first-order valence-corrected chi connectivity index (χ1v) is 11.2. The summed E-state index contributed by atoms with van der Waals surface area (Å²) in [5, 5.41) is 2.71. The summed E-state index contributed by atoms with van der Waals surface area (Å²) in [4.78, 5) is 14.5. The smallest absolute Gasteiger partial charge is 0.321 e. The number of urea groups is 1. The van der Waals surface area contributed by atoms with Gasteiger partial charge in [0.25, 0.3) is 0 Å². The molecular weight excluding hydrogens is 393 g/mol. The van der Waals surface area contributed by atoms with E-state index in [0.717, 1.165) is 12.8 Å². The van der Waals surface area contributed by atoms with E-state index in [4.69, 9.17) is 0 Å². The van der Waals surface area contributed by atoms with Crippen LogP contribution in [0.4, 0.5) is 14.9 Å². The molecule has 154 valence electrons. The van der Waals surface area contributed by atoms with Gasteiger partial charge in [0, 0.05) is 30.9 Å². The van der Waals surface area contributed by atoms with Crippen molar-refractivity contribution < 1.29 is 17.6 Å². The first-order valence-electron chi connectivity index (χ1n) is 9.80. The van der Waals surface area contributed by atoms with Crippen LogP contribution in [0.2, 0.25) is 0 Å². The SMILES string of the molecule is O=C(Nc1cccc(F)c1)N1CCC2(CCCN2S(=O)(=O)c2ccccc2)CC1. The Kier molecular flexibility index (Phi) is 5.31. The fourth-order valence-electron chi connectivity index (χ4n) is 4.40. The molecule has 2 heterocycles. The highest BCUT2D eigenvalue weighted by Gasteiger charge is 2.49. The lowest BCUT2D eigenvalue weighted by molar-refractivity contribution is 0.119. The third-order valence-electron chi connectivity index (χ3n) is 5.92. The van der Waals surface area contributed by atoms with E-state index < -0.39 is 21.4 Å². The number of anilines is 1. The third kappa shape index (κ3) is 3.86. The Hall–Kier alpha value is -2.45. The highest BCUT2D eigenvalue weighted by Crippen LogP contribution is 2.41. The first kappa shape index (κ1) is 19.8. The van der Waals surface area contributed by atoms with Crippen molar-refractivity contribution in [1.29, 1.82) is 0 Å². The van der Waals surface area contributed by atoms with Gasteiger partial charge in [-0.05, 0) is 56.0 Å². The van der Waals surface area contributed by atoms with Crippen LogP contribution >= 0.6 is 0 Å². The van der Waals surface area contributed by atoms with Crippen molar-refractivity contribution in [3.05, 3.63) is 60.4 Å². The molecule has 1 N–H and O–H groups in total. The Balaban J connectivity index is 1.45. The van der Waals surface area contributed by atoms with Crippen molar-refractivity contribution in [3.63, 3.8) is 0 Å². The highest BCUT2D eigenvalue weighted by atomic mass is 32.2. The molecule has 6 nitrogen and oxygen atoms in total. The predicted octanol–water partition coefficient (Wildman–Crippen LogP) is 3.68. The van der Waals surface area contributed by atoms with Gasteiger partial charge in [0.1, 0.15) is 5.82 Å². The van der Waals surface area contributed by atoms with Crippen LogP contribution in [-0.4, -0.2) is 48.8 Å². The molecule has 2 aliphatic heterocycles. The number of benzene rings is 2. The Morgan fingerprint density at radius 3 is 2.38 bits per heavy atom. The zero-order valence-electron chi connectivity index (χ0n) is 16.1. The number of hydrogen-bond donors (Lipinski definition) is 1. The molecule has 2 aromatic carbocycles. The topological polar surface area (TPSA) is 69.7 Å². The number of halogens is 1. The standard InChI is InChI=1S/C21H24FN3O3S/c22-17-6-4-7-18(16-17)23-20(26)24-14-11-21(12-15-24)10-5-13-25(21)29(27,28)19-8-2-1-3-9-19/h1-4,6-9,16H,5,10-15H2,(H,23,26). The van der Waals surface area contributed by atoms with Crippen molar-refractivity contribution in [1.82, 2.24) is 9.21 Å². The van der Waals surface area contributed by atoms with Crippen LogP contribution in [0.25, 0.3) is 0 Å². The van der Waals surface area contributed by atoms with E-state index in [1.165, 1.54) is 12.1 Å². The van der Waals surface area contributed by atoms with Gasteiger partial charge in [-0.15, -0.1) is 0 Å². The molecule has 0 atom stereocenters. The van der Waals surface area contributed by atoms with Crippen molar-refractivity contribution in [2.75, 3.05) is 25.0 Å². The number of hydrogen-bond acceptors (Lipinski definition) is 3. The molecule has 0 aromatic heterocycles. The van der Waals surface area contributed by atoms with Crippen LogP contribution in [0.5, 0.6) is 0 Å². The molecule has 2 amide bonds. The fraction of sp³-hybridized carbons (Fsp3) is 0.381. The van der Waals surface area contributed by atoms with Gasteiger partial charge in [0.15, 0.2) is 0 Å². The number of likely N-dealkylation sites (tertiary alicyclic amines) is 1. The molecule has 2 fully saturated rings. The minimum atomic E-state index is -3.57. The highest BCUT2D eigenvalue weighted by molar-refractivity contribution is 7.89. The maximum absolute atomic E-state index is 13.3. The average Bonchev–Trinajstić information content (AvgIpc) is 3.13. The second-order valence-corrected chi connectivity index (χ2v) is 9.51. The predicted molar refractivity (Wildman–Crippen MR) is 109 cm³/mol. The zero-order valence-corrected chi connectivity index (χ0v) is 16.9. The van der Waals surface area contributed by atoms with Gasteiger partial charge in [-0.3, -0.25) is 0 Å². The van der Waals surface area contributed by atoms with Gasteiger partial charge < -0.3 is 10.2 Å². The number of rotatable bonds is 3.